The zero-order valence-electron chi connectivity index (χ0n) is 7.35. The van der Waals surface area contributed by atoms with Gasteiger partial charge in [-0.25, -0.2) is 0 Å². The Kier molecular flexibility index (Phi) is 1.74. The fraction of sp³-hybridized carbons (Fsp3) is 0.273. The zero-order chi connectivity index (χ0) is 8.55. The topological polar surface area (TPSA) is 12.0 Å². The summed E-state index contributed by atoms with van der Waals surface area (Å²) in [7, 11) is 0. The van der Waals surface area contributed by atoms with Crippen molar-refractivity contribution in [3.05, 3.63) is 41.5 Å². The number of rotatable bonds is 1. The van der Waals surface area contributed by atoms with Crippen LogP contribution in [0.5, 0.6) is 0 Å². The van der Waals surface area contributed by atoms with Crippen molar-refractivity contribution in [2.75, 3.05) is 0 Å². The fourth-order valence-corrected chi connectivity index (χ4v) is 1.56. The molecule has 0 fully saturated rings. The van der Waals surface area contributed by atoms with Crippen molar-refractivity contribution in [1.29, 1.82) is 0 Å². The summed E-state index contributed by atoms with van der Waals surface area (Å²) < 4.78 is 0. The molecule has 0 aliphatic carbocycles. The fourth-order valence-electron chi connectivity index (χ4n) is 1.56. The summed E-state index contributed by atoms with van der Waals surface area (Å²) in [6, 6.07) is 6.57. The molecule has 1 aliphatic heterocycles. The molecule has 0 amide bonds. The number of benzene rings is 1. The van der Waals surface area contributed by atoms with Crippen molar-refractivity contribution >= 4 is 5.57 Å². The Morgan fingerprint density at radius 1 is 1.33 bits per heavy atom. The van der Waals surface area contributed by atoms with Gasteiger partial charge in [0.2, 0.25) is 0 Å². The Labute approximate surface area is 73.1 Å². The largest absolute Gasteiger partial charge is 0.309 e. The first-order chi connectivity index (χ1) is 5.77. The van der Waals surface area contributed by atoms with Gasteiger partial charge in [-0.3, -0.25) is 0 Å². The smallest absolute Gasteiger partial charge is 0.0212 e. The lowest BCUT2D eigenvalue weighted by atomic mass is 10.0. The van der Waals surface area contributed by atoms with Crippen molar-refractivity contribution in [2.45, 2.75) is 20.0 Å². The van der Waals surface area contributed by atoms with Gasteiger partial charge in [-0.15, -0.1) is 0 Å². The summed E-state index contributed by atoms with van der Waals surface area (Å²) in [6.45, 7) is 8.01. The van der Waals surface area contributed by atoms with E-state index in [4.69, 9.17) is 0 Å². The lowest BCUT2D eigenvalue weighted by Gasteiger charge is -2.02. The minimum Gasteiger partial charge on any atom is -0.309 e. The molecule has 1 heteroatoms. The molecular weight excluding hydrogens is 146 g/mol. The second-order valence-corrected chi connectivity index (χ2v) is 3.37. The quantitative estimate of drug-likeness (QED) is 0.663. The van der Waals surface area contributed by atoms with E-state index >= 15 is 0 Å². The van der Waals surface area contributed by atoms with Crippen LogP contribution in [-0.4, -0.2) is 0 Å². The lowest BCUT2D eigenvalue weighted by molar-refractivity contribution is 0.765. The Balaban J connectivity index is 2.45. The first kappa shape index (κ1) is 7.56. The summed E-state index contributed by atoms with van der Waals surface area (Å²) in [4.78, 5) is 0. The van der Waals surface area contributed by atoms with Crippen molar-refractivity contribution in [1.82, 2.24) is 5.32 Å². The third-order valence-electron chi connectivity index (χ3n) is 2.33. The van der Waals surface area contributed by atoms with Crippen LogP contribution in [0.4, 0.5) is 0 Å². The van der Waals surface area contributed by atoms with Gasteiger partial charge in [0.1, 0.15) is 0 Å². The molecule has 1 nitrogen and oxygen atoms in total. The maximum Gasteiger partial charge on any atom is 0.0212 e. The lowest BCUT2D eigenvalue weighted by Crippen LogP contribution is -1.99. The summed E-state index contributed by atoms with van der Waals surface area (Å²) >= 11 is 0. The number of nitrogens with one attached hydrogen (secondary N) is 1. The van der Waals surface area contributed by atoms with E-state index in [1.165, 1.54) is 16.7 Å². The number of fused-ring (bicyclic) bond motifs is 1. The van der Waals surface area contributed by atoms with E-state index in [9.17, 15) is 0 Å². The highest BCUT2D eigenvalue weighted by molar-refractivity contribution is 5.62. The van der Waals surface area contributed by atoms with E-state index in [0.29, 0.717) is 0 Å². The van der Waals surface area contributed by atoms with Gasteiger partial charge in [-0.05, 0) is 29.7 Å². The monoisotopic (exact) mass is 159 g/mol. The van der Waals surface area contributed by atoms with Crippen molar-refractivity contribution in [3.63, 3.8) is 0 Å². The van der Waals surface area contributed by atoms with Gasteiger partial charge in [0.25, 0.3) is 0 Å². The van der Waals surface area contributed by atoms with Gasteiger partial charge in [0.15, 0.2) is 0 Å². The van der Waals surface area contributed by atoms with Gasteiger partial charge < -0.3 is 5.32 Å². The van der Waals surface area contributed by atoms with Crippen molar-refractivity contribution < 1.29 is 0 Å². The Morgan fingerprint density at radius 3 is 2.83 bits per heavy atom. The van der Waals surface area contributed by atoms with Gasteiger partial charge in [0.05, 0.1) is 0 Å². The number of allylic oxidation sites excluding steroid dienone is 1. The van der Waals surface area contributed by atoms with Crippen LogP contribution in [0.3, 0.4) is 0 Å². The average Bonchev–Trinajstić information content (AvgIpc) is 2.49. The van der Waals surface area contributed by atoms with E-state index in [1.54, 1.807) is 0 Å². The molecule has 0 aromatic heterocycles. The zero-order valence-corrected chi connectivity index (χ0v) is 7.35. The highest BCUT2D eigenvalue weighted by atomic mass is 14.9. The highest BCUT2D eigenvalue weighted by Gasteiger charge is 2.09. The summed E-state index contributed by atoms with van der Waals surface area (Å²) in [6.07, 6.45) is 0. The third kappa shape index (κ3) is 1.16. The average molecular weight is 159 g/mol. The molecule has 0 saturated heterocycles. The van der Waals surface area contributed by atoms with Crippen LogP contribution in [0, 0.1) is 0 Å². The summed E-state index contributed by atoms with van der Waals surface area (Å²) in [5.41, 5.74) is 5.26. The summed E-state index contributed by atoms with van der Waals surface area (Å²) in [5, 5.41) is 3.32. The maximum atomic E-state index is 3.93. The SMILES string of the molecule is C=C(C)c1ccc2c(c1)CNC2. The Morgan fingerprint density at radius 2 is 2.08 bits per heavy atom. The minimum atomic E-state index is 1.01. The first-order valence-electron chi connectivity index (χ1n) is 4.26. The van der Waals surface area contributed by atoms with Crippen LogP contribution in [-0.2, 0) is 13.1 Å². The molecule has 0 bridgehead atoms. The van der Waals surface area contributed by atoms with E-state index in [-0.39, 0.29) is 0 Å². The van der Waals surface area contributed by atoms with Gasteiger partial charge in [-0.1, -0.05) is 24.3 Å². The van der Waals surface area contributed by atoms with Crippen molar-refractivity contribution in [2.24, 2.45) is 0 Å². The standard InChI is InChI=1S/C11H13N/c1-8(2)9-3-4-10-6-12-7-11(10)5-9/h3-5,12H,1,6-7H2,2H3. The molecule has 1 aromatic rings. The molecule has 1 aliphatic rings. The van der Waals surface area contributed by atoms with Gasteiger partial charge >= 0.3 is 0 Å². The molecule has 0 spiro atoms. The maximum absolute atomic E-state index is 3.93. The van der Waals surface area contributed by atoms with Crippen LogP contribution >= 0.6 is 0 Å². The molecule has 1 aromatic carbocycles. The number of hydrogen-bond donors (Lipinski definition) is 1. The van der Waals surface area contributed by atoms with Gasteiger partial charge in [0, 0.05) is 13.1 Å². The predicted octanol–water partition coefficient (Wildman–Crippen LogP) is 2.32. The molecular formula is C11H13N. The summed E-state index contributed by atoms with van der Waals surface area (Å²) in [5.74, 6) is 0. The molecule has 2 rings (SSSR count). The van der Waals surface area contributed by atoms with E-state index in [0.717, 1.165) is 18.7 Å². The molecule has 12 heavy (non-hydrogen) atoms. The molecule has 0 radical (unpaired) electrons. The van der Waals surface area contributed by atoms with Crippen LogP contribution < -0.4 is 5.32 Å². The van der Waals surface area contributed by atoms with Crippen molar-refractivity contribution in [3.8, 4) is 0 Å². The normalized spacial score (nSPS) is 14.4. The third-order valence-corrected chi connectivity index (χ3v) is 2.33. The molecule has 0 saturated carbocycles. The predicted molar refractivity (Wildman–Crippen MR) is 51.7 cm³/mol. The van der Waals surface area contributed by atoms with Gasteiger partial charge in [-0.2, -0.15) is 0 Å². The second-order valence-electron chi connectivity index (χ2n) is 3.37. The Hall–Kier alpha value is -1.08. The molecule has 1 N–H and O–H groups in total. The minimum absolute atomic E-state index is 1.01. The number of hydrogen-bond acceptors (Lipinski definition) is 1. The van der Waals surface area contributed by atoms with E-state index < -0.39 is 0 Å². The molecule has 62 valence electrons. The van der Waals surface area contributed by atoms with E-state index in [1.807, 2.05) is 6.92 Å². The molecule has 0 atom stereocenters. The molecule has 1 heterocycles. The second kappa shape index (κ2) is 2.76. The van der Waals surface area contributed by atoms with Crippen LogP contribution in [0.1, 0.15) is 23.6 Å². The first-order valence-corrected chi connectivity index (χ1v) is 4.26. The van der Waals surface area contributed by atoms with Crippen LogP contribution in [0.15, 0.2) is 24.8 Å². The Bertz CT molecular complexity index is 326. The van der Waals surface area contributed by atoms with Crippen LogP contribution in [0.2, 0.25) is 0 Å². The van der Waals surface area contributed by atoms with Crippen LogP contribution in [0.25, 0.3) is 5.57 Å². The highest BCUT2D eigenvalue weighted by Crippen LogP contribution is 2.20. The molecule has 0 unspecified atom stereocenters. The van der Waals surface area contributed by atoms with E-state index in [2.05, 4.69) is 30.1 Å².